The lowest BCUT2D eigenvalue weighted by atomic mass is 10.1. The van der Waals surface area contributed by atoms with Gasteiger partial charge in [0.15, 0.2) is 6.10 Å². The Bertz CT molecular complexity index is 1340. The molecule has 362 valence electrons. The first-order chi connectivity index (χ1) is 31.5. The number of carbonyl (C=O) groups is 3. The number of rotatable bonds is 45. The Labute approximate surface area is 393 Å². The molecular weight excluding hydrogens is 793 g/mol. The van der Waals surface area contributed by atoms with Crippen molar-refractivity contribution in [2.45, 2.75) is 226 Å². The van der Waals surface area contributed by atoms with Crippen molar-refractivity contribution in [3.63, 3.8) is 0 Å². The smallest absolute Gasteiger partial charge is 0.306 e. The van der Waals surface area contributed by atoms with Crippen LogP contribution in [0.1, 0.15) is 220 Å². The number of esters is 3. The van der Waals surface area contributed by atoms with Gasteiger partial charge in [-0.3, -0.25) is 14.4 Å². The standard InChI is InChI=1S/C58H94O6/c1-4-7-10-13-16-19-22-25-27-28-29-31-33-36-39-42-45-48-51-57(60)63-54-55(53-62-56(59)50-47-44-41-38-35-32-24-21-18-15-12-9-6-3)64-58(61)52-49-46-43-40-37-34-30-26-23-20-17-14-11-8-5-2/h8,11,14,17,20,23,26-32,34-35,37,41,44,55H,4-7,9-10,12-13,15-16,18-19,21-22,24-25,33,36,38-40,42-43,45-54H2,1-3H3/b11-8+,17-14+,23-20+,28-27+,30-26+,31-29+,35-32+,37-34+,44-41+. The van der Waals surface area contributed by atoms with Crippen molar-refractivity contribution in [1.29, 1.82) is 0 Å². The Balaban J connectivity index is 4.55. The molecule has 0 saturated carbocycles. The monoisotopic (exact) mass is 887 g/mol. The highest BCUT2D eigenvalue weighted by molar-refractivity contribution is 5.71. The molecule has 0 radical (unpaired) electrons. The van der Waals surface area contributed by atoms with Crippen LogP contribution >= 0.6 is 0 Å². The van der Waals surface area contributed by atoms with Crippen LogP contribution in [0.25, 0.3) is 0 Å². The Morgan fingerprint density at radius 1 is 0.344 bits per heavy atom. The second-order valence-corrected chi connectivity index (χ2v) is 16.8. The van der Waals surface area contributed by atoms with Crippen LogP contribution in [0.2, 0.25) is 0 Å². The second-order valence-electron chi connectivity index (χ2n) is 16.8. The molecule has 0 aromatic heterocycles. The summed E-state index contributed by atoms with van der Waals surface area (Å²) in [6, 6.07) is 0. The van der Waals surface area contributed by atoms with Gasteiger partial charge in [0.2, 0.25) is 0 Å². The molecule has 1 unspecified atom stereocenters. The van der Waals surface area contributed by atoms with Crippen molar-refractivity contribution in [2.75, 3.05) is 13.2 Å². The number of carbonyl (C=O) groups excluding carboxylic acids is 3. The van der Waals surface area contributed by atoms with E-state index in [-0.39, 0.29) is 44.0 Å². The van der Waals surface area contributed by atoms with E-state index in [1.54, 1.807) is 0 Å². The van der Waals surface area contributed by atoms with E-state index in [4.69, 9.17) is 14.2 Å². The molecule has 0 spiro atoms. The average molecular weight is 887 g/mol. The van der Waals surface area contributed by atoms with Crippen LogP contribution in [0.3, 0.4) is 0 Å². The van der Waals surface area contributed by atoms with Crippen LogP contribution in [0.5, 0.6) is 0 Å². The maximum absolute atomic E-state index is 12.8. The minimum atomic E-state index is -0.831. The molecule has 0 aromatic carbocycles. The number of unbranched alkanes of at least 4 members (excludes halogenated alkanes) is 21. The van der Waals surface area contributed by atoms with E-state index in [0.29, 0.717) is 19.3 Å². The van der Waals surface area contributed by atoms with E-state index in [9.17, 15) is 14.4 Å². The fourth-order valence-electron chi connectivity index (χ4n) is 6.74. The number of ether oxygens (including phenoxy) is 3. The molecule has 64 heavy (non-hydrogen) atoms. The van der Waals surface area contributed by atoms with E-state index in [1.165, 1.54) is 89.9 Å². The summed E-state index contributed by atoms with van der Waals surface area (Å²) in [7, 11) is 0. The quantitative estimate of drug-likeness (QED) is 0.0199. The Morgan fingerprint density at radius 3 is 1.20 bits per heavy atom. The maximum Gasteiger partial charge on any atom is 0.306 e. The van der Waals surface area contributed by atoms with Gasteiger partial charge in [0.05, 0.1) is 0 Å². The molecule has 6 nitrogen and oxygen atoms in total. The van der Waals surface area contributed by atoms with Crippen LogP contribution < -0.4 is 0 Å². The summed E-state index contributed by atoms with van der Waals surface area (Å²) in [6.45, 7) is 6.37. The molecule has 0 saturated heterocycles. The second kappa shape index (κ2) is 51.7. The van der Waals surface area contributed by atoms with Gasteiger partial charge in [-0.15, -0.1) is 0 Å². The normalized spacial score (nSPS) is 13.0. The van der Waals surface area contributed by atoms with Gasteiger partial charge in [-0.05, 0) is 83.5 Å². The zero-order valence-electron chi connectivity index (χ0n) is 41.3. The van der Waals surface area contributed by atoms with E-state index < -0.39 is 6.10 Å². The van der Waals surface area contributed by atoms with E-state index >= 15 is 0 Å². The largest absolute Gasteiger partial charge is 0.462 e. The molecule has 0 heterocycles. The summed E-state index contributed by atoms with van der Waals surface area (Å²) in [6.07, 6.45) is 69.4. The summed E-state index contributed by atoms with van der Waals surface area (Å²) in [4.78, 5) is 37.9. The van der Waals surface area contributed by atoms with Gasteiger partial charge in [0, 0.05) is 19.3 Å². The van der Waals surface area contributed by atoms with Gasteiger partial charge in [0.1, 0.15) is 13.2 Å². The summed E-state index contributed by atoms with van der Waals surface area (Å²) < 4.78 is 16.7. The first-order valence-electron chi connectivity index (χ1n) is 26.0. The van der Waals surface area contributed by atoms with E-state index in [0.717, 1.165) is 77.0 Å². The fourth-order valence-corrected chi connectivity index (χ4v) is 6.74. The third-order valence-corrected chi connectivity index (χ3v) is 10.7. The molecule has 0 aliphatic rings. The van der Waals surface area contributed by atoms with E-state index in [2.05, 4.69) is 75.5 Å². The summed E-state index contributed by atoms with van der Waals surface area (Å²) in [5, 5.41) is 0. The molecule has 0 N–H and O–H groups in total. The van der Waals surface area contributed by atoms with Gasteiger partial charge in [0.25, 0.3) is 0 Å². The predicted molar refractivity (Wildman–Crippen MR) is 274 cm³/mol. The first kappa shape index (κ1) is 60.1. The first-order valence-corrected chi connectivity index (χ1v) is 26.0. The van der Waals surface area contributed by atoms with Gasteiger partial charge in [-0.1, -0.05) is 226 Å². The molecule has 0 bridgehead atoms. The molecule has 1 atom stereocenters. The minimum Gasteiger partial charge on any atom is -0.462 e. The lowest BCUT2D eigenvalue weighted by Gasteiger charge is -2.18. The third-order valence-electron chi connectivity index (χ3n) is 10.7. The molecule has 6 heteroatoms. The molecule has 0 rings (SSSR count). The third kappa shape index (κ3) is 49.1. The van der Waals surface area contributed by atoms with Crippen molar-refractivity contribution >= 4 is 17.9 Å². The van der Waals surface area contributed by atoms with Gasteiger partial charge in [-0.2, -0.15) is 0 Å². The van der Waals surface area contributed by atoms with Gasteiger partial charge < -0.3 is 14.2 Å². The highest BCUT2D eigenvalue weighted by Crippen LogP contribution is 2.12. The summed E-state index contributed by atoms with van der Waals surface area (Å²) in [5.41, 5.74) is 0. The van der Waals surface area contributed by atoms with Crippen LogP contribution in [0.4, 0.5) is 0 Å². The molecule has 0 aromatic rings. The van der Waals surface area contributed by atoms with Crippen LogP contribution in [0.15, 0.2) is 109 Å². The van der Waals surface area contributed by atoms with Crippen molar-refractivity contribution in [3.05, 3.63) is 109 Å². The topological polar surface area (TPSA) is 78.9 Å². The molecule has 0 fully saturated rings. The van der Waals surface area contributed by atoms with E-state index in [1.807, 2.05) is 54.7 Å². The fraction of sp³-hybridized carbons (Fsp3) is 0.638. The zero-order valence-corrected chi connectivity index (χ0v) is 41.3. The Hall–Kier alpha value is -3.93. The van der Waals surface area contributed by atoms with Crippen LogP contribution in [-0.2, 0) is 28.6 Å². The van der Waals surface area contributed by atoms with Crippen LogP contribution in [0, 0.1) is 0 Å². The Kier molecular flexibility index (Phi) is 48.5. The van der Waals surface area contributed by atoms with Crippen molar-refractivity contribution in [3.8, 4) is 0 Å². The number of hydrogen-bond acceptors (Lipinski definition) is 6. The lowest BCUT2D eigenvalue weighted by molar-refractivity contribution is -0.166. The van der Waals surface area contributed by atoms with Crippen molar-refractivity contribution in [2.24, 2.45) is 0 Å². The SMILES string of the molecule is CC/C=C/C=C/C=C/C=C/C=C/CCCCCC(=O)OC(COC(=O)CC/C=C/C/C=C/CCCCCCCC)COC(=O)CCCCCCC/C=C/C=C/CCCCCCCCC. The summed E-state index contributed by atoms with van der Waals surface area (Å²) >= 11 is 0. The van der Waals surface area contributed by atoms with Crippen molar-refractivity contribution < 1.29 is 28.6 Å². The van der Waals surface area contributed by atoms with Crippen LogP contribution in [-0.4, -0.2) is 37.2 Å². The molecule has 0 aliphatic heterocycles. The molecular formula is C58H94O6. The summed E-state index contributed by atoms with van der Waals surface area (Å²) in [5.74, 6) is -1.05. The van der Waals surface area contributed by atoms with Crippen molar-refractivity contribution in [1.82, 2.24) is 0 Å². The minimum absolute atomic E-state index is 0.123. The highest BCUT2D eigenvalue weighted by atomic mass is 16.6. The van der Waals surface area contributed by atoms with Gasteiger partial charge in [-0.25, -0.2) is 0 Å². The lowest BCUT2D eigenvalue weighted by Crippen LogP contribution is -2.30. The molecule has 0 amide bonds. The predicted octanol–water partition coefficient (Wildman–Crippen LogP) is 17.1. The maximum atomic E-state index is 12.8. The Morgan fingerprint density at radius 2 is 0.703 bits per heavy atom. The number of allylic oxidation sites excluding steroid dienone is 18. The molecule has 0 aliphatic carbocycles. The zero-order chi connectivity index (χ0) is 46.5. The average Bonchev–Trinajstić information content (AvgIpc) is 3.29. The number of hydrogen-bond donors (Lipinski definition) is 0. The highest BCUT2D eigenvalue weighted by Gasteiger charge is 2.19. The van der Waals surface area contributed by atoms with Gasteiger partial charge >= 0.3 is 17.9 Å².